The van der Waals surface area contributed by atoms with Crippen molar-refractivity contribution in [3.63, 3.8) is 0 Å². The molecule has 1 fully saturated rings. The van der Waals surface area contributed by atoms with Crippen molar-refractivity contribution in [2.24, 2.45) is 0 Å². The van der Waals surface area contributed by atoms with Crippen molar-refractivity contribution in [2.45, 2.75) is 39.7 Å². The normalized spacial score (nSPS) is 19.6. The molecule has 0 saturated carbocycles. The Hall–Kier alpha value is -1.16. The Kier molecular flexibility index (Phi) is 4.53. The molecular weight excluding hydrogens is 224 g/mol. The first-order chi connectivity index (χ1) is 8.70. The molecule has 4 nitrogen and oxygen atoms in total. The second-order valence-electron chi connectivity index (χ2n) is 5.15. The maximum Gasteiger partial charge on any atom is 0.147 e. The number of hydrogen-bond donors (Lipinski definition) is 0. The first-order valence-corrected chi connectivity index (χ1v) is 6.98. The van der Waals surface area contributed by atoms with Crippen LogP contribution in [0.5, 0.6) is 0 Å². The van der Waals surface area contributed by atoms with Gasteiger partial charge in [-0.3, -0.25) is 9.88 Å². The van der Waals surface area contributed by atoms with Crippen LogP contribution >= 0.6 is 0 Å². The Bertz CT molecular complexity index is 363. The van der Waals surface area contributed by atoms with Gasteiger partial charge in [-0.25, -0.2) is 4.98 Å². The molecule has 0 bridgehead atoms. The van der Waals surface area contributed by atoms with Gasteiger partial charge in [0.05, 0.1) is 18.1 Å². The molecule has 4 heteroatoms. The van der Waals surface area contributed by atoms with E-state index in [1.165, 1.54) is 19.4 Å². The molecule has 0 aromatic carbocycles. The lowest BCUT2D eigenvalue weighted by Gasteiger charge is -2.27. The van der Waals surface area contributed by atoms with Crippen LogP contribution in [-0.4, -0.2) is 47.1 Å². The van der Waals surface area contributed by atoms with Gasteiger partial charge in [0.15, 0.2) is 0 Å². The van der Waals surface area contributed by atoms with Crippen LogP contribution in [0.3, 0.4) is 0 Å². The Morgan fingerprint density at radius 2 is 2.00 bits per heavy atom. The van der Waals surface area contributed by atoms with Crippen LogP contribution in [0.1, 0.15) is 32.4 Å². The van der Waals surface area contributed by atoms with E-state index >= 15 is 0 Å². The lowest BCUT2D eigenvalue weighted by molar-refractivity contribution is 0.218. The smallest absolute Gasteiger partial charge is 0.147 e. The maximum atomic E-state index is 4.48. The summed E-state index contributed by atoms with van der Waals surface area (Å²) < 4.78 is 0. The average molecular weight is 248 g/mol. The second kappa shape index (κ2) is 6.14. The lowest BCUT2D eigenvalue weighted by atomic mass is 10.2. The van der Waals surface area contributed by atoms with Crippen LogP contribution in [0.4, 0.5) is 5.82 Å². The van der Waals surface area contributed by atoms with Gasteiger partial charge in [-0.15, -0.1) is 0 Å². The number of anilines is 1. The zero-order valence-electron chi connectivity index (χ0n) is 11.8. The molecule has 1 saturated heterocycles. The summed E-state index contributed by atoms with van der Waals surface area (Å²) in [4.78, 5) is 13.8. The summed E-state index contributed by atoms with van der Waals surface area (Å²) in [5.41, 5.74) is 0.981. The largest absolute Gasteiger partial charge is 0.354 e. The van der Waals surface area contributed by atoms with Crippen molar-refractivity contribution < 1.29 is 0 Å². The molecule has 18 heavy (non-hydrogen) atoms. The maximum absolute atomic E-state index is 4.48. The topological polar surface area (TPSA) is 32.3 Å². The van der Waals surface area contributed by atoms with Crippen LogP contribution in [0, 0.1) is 6.92 Å². The summed E-state index contributed by atoms with van der Waals surface area (Å²) in [6.07, 6.45) is 6.19. The minimum atomic E-state index is 0.689. The van der Waals surface area contributed by atoms with E-state index < -0.39 is 0 Å². The van der Waals surface area contributed by atoms with Gasteiger partial charge in [0.2, 0.25) is 0 Å². The van der Waals surface area contributed by atoms with Gasteiger partial charge >= 0.3 is 0 Å². The predicted octanol–water partition coefficient (Wildman–Crippen LogP) is 2.10. The number of aryl methyl sites for hydroxylation is 1. The lowest BCUT2D eigenvalue weighted by Crippen LogP contribution is -2.36. The quantitative estimate of drug-likeness (QED) is 0.820. The van der Waals surface area contributed by atoms with E-state index in [2.05, 4.69) is 33.6 Å². The number of hydrogen-bond acceptors (Lipinski definition) is 4. The van der Waals surface area contributed by atoms with Crippen molar-refractivity contribution in [1.82, 2.24) is 14.9 Å². The highest BCUT2D eigenvalue weighted by molar-refractivity contribution is 5.35. The summed E-state index contributed by atoms with van der Waals surface area (Å²) >= 11 is 0. The summed E-state index contributed by atoms with van der Waals surface area (Å²) in [7, 11) is 0. The van der Waals surface area contributed by atoms with Gasteiger partial charge in [0, 0.05) is 32.2 Å². The third-order valence-electron chi connectivity index (χ3n) is 3.84. The van der Waals surface area contributed by atoms with Crippen molar-refractivity contribution in [3.05, 3.63) is 18.1 Å². The summed E-state index contributed by atoms with van der Waals surface area (Å²) in [6, 6.07) is 0.689. The van der Waals surface area contributed by atoms with Crippen LogP contribution < -0.4 is 4.90 Å². The minimum Gasteiger partial charge on any atom is -0.354 e. The van der Waals surface area contributed by atoms with Crippen LogP contribution in [0.2, 0.25) is 0 Å². The van der Waals surface area contributed by atoms with E-state index in [1.807, 2.05) is 19.3 Å². The summed E-state index contributed by atoms with van der Waals surface area (Å²) in [5.74, 6) is 1.02. The molecule has 1 aliphatic heterocycles. The highest BCUT2D eigenvalue weighted by Gasteiger charge is 2.18. The number of rotatable bonds is 3. The fourth-order valence-electron chi connectivity index (χ4n) is 2.41. The molecule has 100 valence electrons. The number of aromatic nitrogens is 2. The summed E-state index contributed by atoms with van der Waals surface area (Å²) in [5, 5.41) is 0. The first kappa shape index (κ1) is 13.3. The number of nitrogens with zero attached hydrogens (tertiary/aromatic N) is 4. The molecule has 1 unspecified atom stereocenters. The second-order valence-corrected chi connectivity index (χ2v) is 5.15. The molecule has 0 N–H and O–H groups in total. The Morgan fingerprint density at radius 3 is 2.67 bits per heavy atom. The van der Waals surface area contributed by atoms with E-state index in [0.29, 0.717) is 6.04 Å². The first-order valence-electron chi connectivity index (χ1n) is 6.98. The molecule has 2 heterocycles. The fraction of sp³-hybridized carbons (Fsp3) is 0.714. The highest BCUT2D eigenvalue weighted by atomic mass is 15.3. The third-order valence-corrected chi connectivity index (χ3v) is 3.84. The average Bonchev–Trinajstić information content (AvgIpc) is 2.64. The third kappa shape index (κ3) is 3.19. The molecule has 2 rings (SSSR count). The zero-order chi connectivity index (χ0) is 13.0. The van der Waals surface area contributed by atoms with Gasteiger partial charge in [-0.05, 0) is 26.7 Å². The standard InChI is InChI=1S/C14H24N4/c1-4-13(3)17-6-5-7-18(9-8-17)14-11-15-12(2)10-16-14/h10-11,13H,4-9H2,1-3H3. The van der Waals surface area contributed by atoms with E-state index in [1.54, 1.807) is 0 Å². The van der Waals surface area contributed by atoms with Crippen molar-refractivity contribution in [3.8, 4) is 0 Å². The van der Waals surface area contributed by atoms with Crippen molar-refractivity contribution in [1.29, 1.82) is 0 Å². The SMILES string of the molecule is CCC(C)N1CCCN(c2cnc(C)cn2)CC1. The molecule has 1 atom stereocenters. The monoisotopic (exact) mass is 248 g/mol. The van der Waals surface area contributed by atoms with Gasteiger partial charge in [-0.1, -0.05) is 6.92 Å². The fourth-order valence-corrected chi connectivity index (χ4v) is 2.41. The van der Waals surface area contributed by atoms with Crippen LogP contribution in [0.15, 0.2) is 12.4 Å². The van der Waals surface area contributed by atoms with E-state index in [-0.39, 0.29) is 0 Å². The molecular formula is C14H24N4. The van der Waals surface area contributed by atoms with E-state index in [4.69, 9.17) is 0 Å². The van der Waals surface area contributed by atoms with E-state index in [9.17, 15) is 0 Å². The van der Waals surface area contributed by atoms with E-state index in [0.717, 1.165) is 31.1 Å². The highest BCUT2D eigenvalue weighted by Crippen LogP contribution is 2.14. The molecule has 0 radical (unpaired) electrons. The van der Waals surface area contributed by atoms with Crippen LogP contribution in [-0.2, 0) is 0 Å². The Balaban J connectivity index is 1.98. The predicted molar refractivity (Wildman–Crippen MR) is 74.9 cm³/mol. The van der Waals surface area contributed by atoms with Gasteiger partial charge < -0.3 is 4.90 Å². The molecule has 1 aliphatic rings. The van der Waals surface area contributed by atoms with Crippen molar-refractivity contribution >= 4 is 5.82 Å². The Morgan fingerprint density at radius 1 is 1.17 bits per heavy atom. The molecule has 0 aliphatic carbocycles. The zero-order valence-corrected chi connectivity index (χ0v) is 11.8. The van der Waals surface area contributed by atoms with Crippen molar-refractivity contribution in [2.75, 3.05) is 31.1 Å². The van der Waals surface area contributed by atoms with Crippen LogP contribution in [0.25, 0.3) is 0 Å². The van der Waals surface area contributed by atoms with Gasteiger partial charge in [-0.2, -0.15) is 0 Å². The Labute approximate surface area is 110 Å². The molecule has 1 aromatic rings. The molecule has 0 amide bonds. The molecule has 1 aromatic heterocycles. The van der Waals surface area contributed by atoms with Gasteiger partial charge in [0.25, 0.3) is 0 Å². The van der Waals surface area contributed by atoms with Gasteiger partial charge in [0.1, 0.15) is 5.82 Å². The molecule has 0 spiro atoms. The summed E-state index contributed by atoms with van der Waals surface area (Å²) in [6.45, 7) is 11.0. The minimum absolute atomic E-state index is 0.689.